The van der Waals surface area contributed by atoms with Gasteiger partial charge in [-0.2, -0.15) is 0 Å². The van der Waals surface area contributed by atoms with E-state index >= 15 is 0 Å². The molecule has 0 spiro atoms. The fraction of sp³-hybridized carbons (Fsp3) is 0.350. The maximum absolute atomic E-state index is 12.3. The number of carbonyl (C=O) groups excluding carboxylic acids is 1. The summed E-state index contributed by atoms with van der Waals surface area (Å²) in [5, 5.41) is 2.99. The monoisotopic (exact) mass is 405 g/mol. The Morgan fingerprint density at radius 1 is 1.07 bits per heavy atom. The molecule has 0 bridgehead atoms. The van der Waals surface area contributed by atoms with Gasteiger partial charge in [0.05, 0.1) is 18.5 Å². The molecule has 3 N–H and O–H groups in total. The molecule has 28 heavy (non-hydrogen) atoms. The van der Waals surface area contributed by atoms with Gasteiger partial charge in [0.2, 0.25) is 15.9 Å². The number of primary amides is 1. The molecule has 152 valence electrons. The fourth-order valence-corrected chi connectivity index (χ4v) is 3.57. The number of hydrogen-bond acceptors (Lipinski definition) is 5. The van der Waals surface area contributed by atoms with Crippen molar-refractivity contribution in [1.82, 2.24) is 5.32 Å². The number of rotatable bonds is 9. The highest BCUT2D eigenvalue weighted by Gasteiger charge is 2.25. The Hall–Kier alpha value is -2.58. The first-order valence-electron chi connectivity index (χ1n) is 8.94. The van der Waals surface area contributed by atoms with E-state index in [1.165, 1.54) is 0 Å². The first kappa shape index (κ1) is 21.7. The van der Waals surface area contributed by atoms with Crippen molar-refractivity contribution in [3.63, 3.8) is 0 Å². The van der Waals surface area contributed by atoms with Crippen molar-refractivity contribution in [2.75, 3.05) is 17.1 Å². The van der Waals surface area contributed by atoms with E-state index in [-0.39, 0.29) is 12.6 Å². The van der Waals surface area contributed by atoms with E-state index in [1.807, 2.05) is 45.0 Å². The molecule has 0 aliphatic carbocycles. The number of anilines is 1. The molecule has 2 aromatic carbocycles. The normalized spacial score (nSPS) is 12.6. The molecule has 1 atom stereocenters. The number of hydrogen-bond donors (Lipinski definition) is 2. The number of nitrogens with zero attached hydrogens (tertiary/aromatic N) is 1. The predicted octanol–water partition coefficient (Wildman–Crippen LogP) is 2.41. The van der Waals surface area contributed by atoms with Gasteiger partial charge < -0.3 is 15.8 Å². The van der Waals surface area contributed by atoms with Crippen LogP contribution < -0.4 is 20.1 Å². The number of amides is 1. The molecule has 8 heteroatoms. The number of ether oxygens (including phenoxy) is 1. The van der Waals surface area contributed by atoms with Gasteiger partial charge in [-0.25, -0.2) is 8.42 Å². The van der Waals surface area contributed by atoms with E-state index in [9.17, 15) is 13.2 Å². The van der Waals surface area contributed by atoms with E-state index in [2.05, 4.69) is 5.32 Å². The van der Waals surface area contributed by atoms with Crippen LogP contribution >= 0.6 is 0 Å². The maximum Gasteiger partial charge on any atom is 0.236 e. The van der Waals surface area contributed by atoms with Crippen LogP contribution in [0.4, 0.5) is 5.69 Å². The Labute approximate surface area is 166 Å². The van der Waals surface area contributed by atoms with Gasteiger partial charge in [-0.1, -0.05) is 31.5 Å². The van der Waals surface area contributed by atoms with E-state index in [0.29, 0.717) is 17.2 Å². The Morgan fingerprint density at radius 3 is 2.00 bits per heavy atom. The summed E-state index contributed by atoms with van der Waals surface area (Å²) in [5.74, 6) is 0.655. The van der Waals surface area contributed by atoms with Crippen LogP contribution in [-0.4, -0.2) is 39.2 Å². The van der Waals surface area contributed by atoms with Gasteiger partial charge in [-0.15, -0.1) is 0 Å². The number of nitrogens with one attached hydrogen (secondary N) is 1. The molecule has 0 radical (unpaired) electrons. The molecule has 0 heterocycles. The molecule has 1 amide bonds. The first-order chi connectivity index (χ1) is 13.1. The quantitative estimate of drug-likeness (QED) is 0.667. The smallest absolute Gasteiger partial charge is 0.236 e. The minimum Gasteiger partial charge on any atom is -0.457 e. The van der Waals surface area contributed by atoms with E-state index in [1.54, 1.807) is 24.3 Å². The molecule has 2 rings (SSSR count). The van der Waals surface area contributed by atoms with Gasteiger partial charge in [0.15, 0.2) is 0 Å². The van der Waals surface area contributed by atoms with Gasteiger partial charge in [-0.3, -0.25) is 9.10 Å². The molecule has 0 unspecified atom stereocenters. The lowest BCUT2D eigenvalue weighted by Crippen LogP contribution is -2.52. The van der Waals surface area contributed by atoms with Crippen molar-refractivity contribution < 1.29 is 17.9 Å². The van der Waals surface area contributed by atoms with Gasteiger partial charge in [0.25, 0.3) is 0 Å². The van der Waals surface area contributed by atoms with E-state index in [0.717, 1.165) is 16.1 Å². The summed E-state index contributed by atoms with van der Waals surface area (Å²) >= 11 is 0. The SMILES string of the molecule is Cc1ccc(Oc2ccc(N(C[C@@H](NC(C)C)C(N)=O)S(C)(=O)=O)cc2)cc1. The number of carbonyl (C=O) groups is 1. The second-order valence-corrected chi connectivity index (χ2v) is 8.89. The third-order valence-corrected chi connectivity index (χ3v) is 5.17. The summed E-state index contributed by atoms with van der Waals surface area (Å²) in [6.07, 6.45) is 1.09. The number of aryl methyl sites for hydroxylation is 1. The molecular formula is C20H27N3O4S. The van der Waals surface area contributed by atoms with E-state index < -0.39 is 22.0 Å². The van der Waals surface area contributed by atoms with Gasteiger partial charge in [0, 0.05) is 6.04 Å². The Balaban J connectivity index is 2.22. The molecule has 0 aliphatic heterocycles. The molecule has 2 aromatic rings. The molecule has 0 aromatic heterocycles. The molecule has 0 saturated carbocycles. The van der Waals surface area contributed by atoms with Crippen molar-refractivity contribution in [3.8, 4) is 11.5 Å². The number of nitrogens with two attached hydrogens (primary N) is 1. The standard InChI is InChI=1S/C20H27N3O4S/c1-14(2)22-19(20(21)24)13-23(28(4,25)26)16-7-11-18(12-8-16)27-17-9-5-15(3)6-10-17/h5-12,14,19,22H,13H2,1-4H3,(H2,21,24)/t19-/m1/s1. The van der Waals surface area contributed by atoms with Gasteiger partial charge >= 0.3 is 0 Å². The zero-order chi connectivity index (χ0) is 20.9. The van der Waals surface area contributed by atoms with Crippen LogP contribution in [0.3, 0.4) is 0 Å². The molecule has 0 fully saturated rings. The van der Waals surface area contributed by atoms with Gasteiger partial charge in [0.1, 0.15) is 17.5 Å². The van der Waals surface area contributed by atoms with Crippen molar-refractivity contribution in [1.29, 1.82) is 0 Å². The highest BCUT2D eigenvalue weighted by atomic mass is 32.2. The average molecular weight is 406 g/mol. The lowest BCUT2D eigenvalue weighted by atomic mass is 10.2. The zero-order valence-electron chi connectivity index (χ0n) is 16.5. The van der Waals surface area contributed by atoms with Crippen LogP contribution in [0.25, 0.3) is 0 Å². The first-order valence-corrected chi connectivity index (χ1v) is 10.8. The molecule has 7 nitrogen and oxygen atoms in total. The average Bonchev–Trinajstić information content (AvgIpc) is 2.60. The van der Waals surface area contributed by atoms with Crippen LogP contribution in [0.1, 0.15) is 19.4 Å². The van der Waals surface area contributed by atoms with Crippen LogP contribution in [0, 0.1) is 6.92 Å². The minimum atomic E-state index is -3.61. The van der Waals surface area contributed by atoms with Crippen molar-refractivity contribution in [2.45, 2.75) is 32.9 Å². The number of benzene rings is 2. The highest BCUT2D eigenvalue weighted by Crippen LogP contribution is 2.26. The van der Waals surface area contributed by atoms with Gasteiger partial charge in [-0.05, 0) is 43.3 Å². The lowest BCUT2D eigenvalue weighted by Gasteiger charge is -2.27. The summed E-state index contributed by atoms with van der Waals surface area (Å²) in [5.41, 5.74) is 6.99. The van der Waals surface area contributed by atoms with E-state index in [4.69, 9.17) is 10.5 Å². The minimum absolute atomic E-state index is 0.0239. The van der Waals surface area contributed by atoms with Crippen molar-refractivity contribution in [2.24, 2.45) is 5.73 Å². The van der Waals surface area contributed by atoms with Crippen LogP contribution in [0.5, 0.6) is 11.5 Å². The summed E-state index contributed by atoms with van der Waals surface area (Å²) in [6, 6.07) is 13.4. The van der Waals surface area contributed by atoms with Crippen molar-refractivity contribution >= 4 is 21.6 Å². The summed E-state index contributed by atoms with van der Waals surface area (Å²) < 4.78 is 31.5. The van der Waals surface area contributed by atoms with Crippen LogP contribution in [0.2, 0.25) is 0 Å². The maximum atomic E-state index is 12.3. The Morgan fingerprint density at radius 2 is 1.57 bits per heavy atom. The highest BCUT2D eigenvalue weighted by molar-refractivity contribution is 7.92. The third kappa shape index (κ3) is 6.24. The zero-order valence-corrected chi connectivity index (χ0v) is 17.4. The van der Waals surface area contributed by atoms with Crippen molar-refractivity contribution in [3.05, 3.63) is 54.1 Å². The third-order valence-electron chi connectivity index (χ3n) is 4.01. The summed E-state index contributed by atoms with van der Waals surface area (Å²) in [6.45, 7) is 5.62. The van der Waals surface area contributed by atoms with Crippen LogP contribution in [0.15, 0.2) is 48.5 Å². The number of sulfonamides is 1. The molecular weight excluding hydrogens is 378 g/mol. The molecule has 0 aliphatic rings. The summed E-state index contributed by atoms with van der Waals surface area (Å²) in [4.78, 5) is 11.7. The van der Waals surface area contributed by atoms with Crippen LogP contribution in [-0.2, 0) is 14.8 Å². The summed E-state index contributed by atoms with van der Waals surface area (Å²) in [7, 11) is -3.61. The molecule has 0 saturated heterocycles. The Kier molecular flexibility index (Phi) is 7.04. The predicted molar refractivity (Wildman–Crippen MR) is 111 cm³/mol. The second kappa shape index (κ2) is 9.07. The fourth-order valence-electron chi connectivity index (χ4n) is 2.65. The lowest BCUT2D eigenvalue weighted by molar-refractivity contribution is -0.119. The second-order valence-electron chi connectivity index (χ2n) is 6.98. The Bertz CT molecular complexity index is 894. The topological polar surface area (TPSA) is 102 Å². The largest absolute Gasteiger partial charge is 0.457 e.